The van der Waals surface area contributed by atoms with E-state index < -0.39 is 30.1 Å². The Morgan fingerprint density at radius 2 is 1.53 bits per heavy atom. The van der Waals surface area contributed by atoms with Crippen LogP contribution in [0, 0.1) is 10.1 Å². The van der Waals surface area contributed by atoms with Crippen LogP contribution in [0.1, 0.15) is 80.1 Å². The summed E-state index contributed by atoms with van der Waals surface area (Å²) in [5.41, 5.74) is -0.478. The average Bonchev–Trinajstić information content (AvgIpc) is 2.66. The molecule has 1 amide bonds. The molecule has 6 nitrogen and oxygen atoms in total. The molecule has 0 aliphatic heterocycles. The molecular weight excluding hydrogens is 487 g/mol. The van der Waals surface area contributed by atoms with Gasteiger partial charge >= 0.3 is 186 Å². The number of nitro benzene ring substituents is 1. The Labute approximate surface area is 186 Å². The molecule has 0 atom stereocenters. The van der Waals surface area contributed by atoms with Gasteiger partial charge in [0, 0.05) is 0 Å². The Bertz CT molecular complexity index is 679. The molecule has 0 bridgehead atoms. The summed E-state index contributed by atoms with van der Waals surface area (Å²) in [5, 5.41) is 14.4. The quantitative estimate of drug-likeness (QED) is 0.180. The van der Waals surface area contributed by atoms with Crippen LogP contribution in [0.15, 0.2) is 18.2 Å². The van der Waals surface area contributed by atoms with Crippen molar-refractivity contribution in [2.45, 2.75) is 99.0 Å². The molecular formula is C23H40N2O4Sn. The van der Waals surface area contributed by atoms with Crippen LogP contribution in [0.2, 0.25) is 13.3 Å². The first-order valence-electron chi connectivity index (χ1n) is 11.4. The number of benzene rings is 1. The van der Waals surface area contributed by atoms with Crippen LogP contribution >= 0.6 is 0 Å². The summed E-state index contributed by atoms with van der Waals surface area (Å²) in [6.45, 7) is 11.9. The number of rotatable bonds is 12. The SMILES string of the molecule is CCC[CH2][Sn]([CH2]CCC)([CH2]CCC)[c]1ccc(NC(=O)OC(C)(C)C)c([N+](=O)[O-])c1. The molecule has 0 heterocycles. The summed E-state index contributed by atoms with van der Waals surface area (Å²) in [5.74, 6) is 0. The van der Waals surface area contributed by atoms with Crippen LogP contribution < -0.4 is 8.90 Å². The van der Waals surface area contributed by atoms with Gasteiger partial charge in [0.05, 0.1) is 0 Å². The van der Waals surface area contributed by atoms with E-state index in [4.69, 9.17) is 4.74 Å². The van der Waals surface area contributed by atoms with Crippen LogP contribution in [0.3, 0.4) is 0 Å². The van der Waals surface area contributed by atoms with E-state index in [-0.39, 0.29) is 16.3 Å². The molecule has 0 aliphatic carbocycles. The van der Waals surface area contributed by atoms with Crippen LogP contribution in [0.25, 0.3) is 0 Å². The van der Waals surface area contributed by atoms with Gasteiger partial charge in [-0.05, 0) is 0 Å². The fourth-order valence-electron chi connectivity index (χ4n) is 3.89. The van der Waals surface area contributed by atoms with E-state index in [2.05, 4.69) is 32.2 Å². The van der Waals surface area contributed by atoms with Crippen LogP contribution in [0.4, 0.5) is 16.2 Å². The molecule has 1 aromatic rings. The number of unbranched alkanes of at least 4 members (excludes halogenated alkanes) is 3. The number of carbonyl (C=O) groups is 1. The van der Waals surface area contributed by atoms with Crippen molar-refractivity contribution in [1.82, 2.24) is 0 Å². The molecule has 170 valence electrons. The summed E-state index contributed by atoms with van der Waals surface area (Å²) in [7, 11) is 0. The zero-order valence-corrected chi connectivity index (χ0v) is 22.5. The topological polar surface area (TPSA) is 81.5 Å². The Morgan fingerprint density at radius 3 is 1.93 bits per heavy atom. The fourth-order valence-corrected chi connectivity index (χ4v) is 19.8. The number of nitrogens with zero attached hydrogens (tertiary/aromatic N) is 1. The van der Waals surface area contributed by atoms with Crippen LogP contribution in [0.5, 0.6) is 0 Å². The molecule has 1 N–H and O–H groups in total. The number of hydrogen-bond acceptors (Lipinski definition) is 4. The predicted molar refractivity (Wildman–Crippen MR) is 127 cm³/mol. The van der Waals surface area contributed by atoms with Gasteiger partial charge in [-0.25, -0.2) is 0 Å². The molecule has 0 fully saturated rings. The van der Waals surface area contributed by atoms with E-state index >= 15 is 0 Å². The van der Waals surface area contributed by atoms with Crippen molar-refractivity contribution in [2.75, 3.05) is 5.32 Å². The van der Waals surface area contributed by atoms with E-state index in [9.17, 15) is 14.9 Å². The molecule has 0 saturated heterocycles. The predicted octanol–water partition coefficient (Wildman–Crippen LogP) is 7.00. The minimum atomic E-state index is -2.78. The molecule has 0 aliphatic rings. The summed E-state index contributed by atoms with van der Waals surface area (Å²) in [6, 6.07) is 5.54. The molecule has 0 spiro atoms. The van der Waals surface area contributed by atoms with Gasteiger partial charge in [-0.3, -0.25) is 0 Å². The number of ether oxygens (including phenoxy) is 1. The summed E-state index contributed by atoms with van der Waals surface area (Å²) >= 11 is -2.78. The Hall–Kier alpha value is -1.31. The third-order valence-electron chi connectivity index (χ3n) is 5.47. The van der Waals surface area contributed by atoms with Gasteiger partial charge in [-0.2, -0.15) is 0 Å². The number of nitro groups is 1. The number of anilines is 1. The van der Waals surface area contributed by atoms with Crippen molar-refractivity contribution in [3.05, 3.63) is 28.3 Å². The number of nitrogens with one attached hydrogen (secondary N) is 1. The molecule has 0 radical (unpaired) electrons. The Morgan fingerprint density at radius 1 is 1.03 bits per heavy atom. The van der Waals surface area contributed by atoms with E-state index in [1.54, 1.807) is 32.9 Å². The number of amides is 1. The molecule has 30 heavy (non-hydrogen) atoms. The van der Waals surface area contributed by atoms with Crippen molar-refractivity contribution < 1.29 is 14.5 Å². The van der Waals surface area contributed by atoms with E-state index in [0.717, 1.165) is 19.3 Å². The summed E-state index contributed by atoms with van der Waals surface area (Å²) < 4.78 is 10.2. The first kappa shape index (κ1) is 26.7. The Balaban J connectivity index is 3.35. The zero-order chi connectivity index (χ0) is 22.8. The fraction of sp³-hybridized carbons (Fsp3) is 0.696. The van der Waals surface area contributed by atoms with Crippen molar-refractivity contribution in [3.8, 4) is 0 Å². The van der Waals surface area contributed by atoms with Gasteiger partial charge < -0.3 is 0 Å². The van der Waals surface area contributed by atoms with E-state index in [0.29, 0.717) is 0 Å². The summed E-state index contributed by atoms with van der Waals surface area (Å²) in [6.07, 6.45) is 6.35. The molecule has 7 heteroatoms. The third-order valence-corrected chi connectivity index (χ3v) is 21.1. The van der Waals surface area contributed by atoms with Gasteiger partial charge in [0.2, 0.25) is 0 Å². The third kappa shape index (κ3) is 8.44. The molecule has 0 unspecified atom stereocenters. The van der Waals surface area contributed by atoms with Crippen LogP contribution in [-0.4, -0.2) is 35.0 Å². The second-order valence-electron chi connectivity index (χ2n) is 9.21. The monoisotopic (exact) mass is 528 g/mol. The van der Waals surface area contributed by atoms with Gasteiger partial charge in [0.1, 0.15) is 0 Å². The van der Waals surface area contributed by atoms with E-state index in [1.165, 1.54) is 36.2 Å². The van der Waals surface area contributed by atoms with Gasteiger partial charge in [-0.15, -0.1) is 0 Å². The normalized spacial score (nSPS) is 11.9. The van der Waals surface area contributed by atoms with Gasteiger partial charge in [0.15, 0.2) is 0 Å². The second kappa shape index (κ2) is 12.5. The first-order valence-corrected chi connectivity index (χ1v) is 18.9. The Kier molecular flexibility index (Phi) is 11.2. The summed E-state index contributed by atoms with van der Waals surface area (Å²) in [4.78, 5) is 23.6. The van der Waals surface area contributed by atoms with E-state index in [1.807, 2.05) is 0 Å². The van der Waals surface area contributed by atoms with Crippen molar-refractivity contribution in [2.24, 2.45) is 0 Å². The van der Waals surface area contributed by atoms with Crippen molar-refractivity contribution in [3.63, 3.8) is 0 Å². The maximum atomic E-state index is 12.2. The molecule has 1 aromatic carbocycles. The standard InChI is InChI=1S/C11H13N2O4.3C4H9.Sn/c1-11(2,3)17-10(14)12-8-6-4-5-7-9(8)13(15)16;3*1-3-4-2;/h4,6-7H,1-3H3,(H,12,14);3*1,3-4H2,2H3;. The number of hydrogen-bond donors (Lipinski definition) is 1. The van der Waals surface area contributed by atoms with Gasteiger partial charge in [-0.1, -0.05) is 0 Å². The second-order valence-corrected chi connectivity index (χ2v) is 22.4. The van der Waals surface area contributed by atoms with Gasteiger partial charge in [0.25, 0.3) is 0 Å². The van der Waals surface area contributed by atoms with Crippen LogP contribution in [-0.2, 0) is 4.74 Å². The minimum absolute atomic E-state index is 0.0241. The maximum absolute atomic E-state index is 12.2. The molecule has 0 saturated carbocycles. The van der Waals surface area contributed by atoms with Crippen molar-refractivity contribution in [1.29, 1.82) is 0 Å². The first-order chi connectivity index (χ1) is 14.1. The molecule has 1 rings (SSSR count). The zero-order valence-electron chi connectivity index (χ0n) is 19.7. The average molecular weight is 527 g/mol. The molecule has 0 aromatic heterocycles. The van der Waals surface area contributed by atoms with Crippen molar-refractivity contribution >= 4 is 39.4 Å². The number of carbonyl (C=O) groups excluding carboxylic acids is 1.